The molecule has 0 atom stereocenters. The van der Waals surface area contributed by atoms with Crippen LogP contribution in [-0.4, -0.2) is 62.4 Å². The molecule has 0 bridgehead atoms. The maximum absolute atomic E-state index is 12.8. The van der Waals surface area contributed by atoms with Crippen molar-refractivity contribution in [1.82, 2.24) is 25.1 Å². The fraction of sp³-hybridized carbons (Fsp3) is 0.217. The van der Waals surface area contributed by atoms with Gasteiger partial charge in [0.05, 0.1) is 30.6 Å². The lowest BCUT2D eigenvalue weighted by Gasteiger charge is -2.26. The van der Waals surface area contributed by atoms with Gasteiger partial charge in [0.25, 0.3) is 5.91 Å². The Morgan fingerprint density at radius 1 is 1.09 bits per heavy atom. The van der Waals surface area contributed by atoms with Gasteiger partial charge in [-0.15, -0.1) is 0 Å². The number of aromatic amines is 1. The van der Waals surface area contributed by atoms with Gasteiger partial charge >= 0.3 is 0 Å². The van der Waals surface area contributed by atoms with Crippen molar-refractivity contribution < 1.29 is 14.6 Å². The van der Waals surface area contributed by atoms with Gasteiger partial charge in [-0.25, -0.2) is 4.98 Å². The Balaban J connectivity index is 1.40. The van der Waals surface area contributed by atoms with Gasteiger partial charge in [-0.3, -0.25) is 19.8 Å². The number of amides is 1. The van der Waals surface area contributed by atoms with Gasteiger partial charge in [0, 0.05) is 49.0 Å². The first-order valence-corrected chi connectivity index (χ1v) is 10.3. The summed E-state index contributed by atoms with van der Waals surface area (Å²) in [5, 5.41) is 19.9. The van der Waals surface area contributed by atoms with Crippen LogP contribution >= 0.6 is 0 Å². The first kappa shape index (κ1) is 20.1. The zero-order chi connectivity index (χ0) is 21.9. The van der Waals surface area contributed by atoms with E-state index < -0.39 is 0 Å². The fourth-order valence-corrected chi connectivity index (χ4v) is 3.77. The van der Waals surface area contributed by atoms with E-state index in [9.17, 15) is 9.90 Å². The lowest BCUT2D eigenvalue weighted by Crippen LogP contribution is -2.35. The van der Waals surface area contributed by atoms with Crippen molar-refractivity contribution in [1.29, 1.82) is 0 Å². The number of fused-ring (bicyclic) bond motifs is 1. The summed E-state index contributed by atoms with van der Waals surface area (Å²) < 4.78 is 5.42. The van der Waals surface area contributed by atoms with Crippen molar-refractivity contribution in [2.75, 3.05) is 31.6 Å². The Hall–Kier alpha value is -3.82. The average Bonchev–Trinajstić information content (AvgIpc) is 3.25. The summed E-state index contributed by atoms with van der Waals surface area (Å²) >= 11 is 0. The highest BCUT2D eigenvalue weighted by Crippen LogP contribution is 2.26. The minimum atomic E-state index is -0.361. The van der Waals surface area contributed by atoms with E-state index in [0.717, 1.165) is 55.1 Å². The first-order valence-electron chi connectivity index (χ1n) is 10.3. The van der Waals surface area contributed by atoms with Crippen LogP contribution in [0, 0.1) is 0 Å². The van der Waals surface area contributed by atoms with Gasteiger partial charge in [-0.1, -0.05) is 6.07 Å². The number of carbonyl (C=O) groups is 1. The van der Waals surface area contributed by atoms with Crippen LogP contribution in [0.3, 0.4) is 0 Å². The largest absolute Gasteiger partial charge is 0.493 e. The quantitative estimate of drug-likeness (QED) is 0.446. The molecule has 1 saturated heterocycles. The van der Waals surface area contributed by atoms with E-state index in [2.05, 4.69) is 36.4 Å². The van der Waals surface area contributed by atoms with E-state index >= 15 is 0 Å². The third-order valence-corrected chi connectivity index (χ3v) is 5.42. The van der Waals surface area contributed by atoms with Crippen molar-refractivity contribution in [3.8, 4) is 17.0 Å². The standard InChI is InChI=1S/C23H22N6O3/c30-21-4-2-18(13-25-21)26-23(31)22-19-10-16(1-3-20(19)27-28-22)17-9-15(11-24-12-17)14-29-5-7-32-8-6-29/h1-4,9-13H,5-8,14H2,(H,25,30)(H,26,31)(H,27,28). The maximum Gasteiger partial charge on any atom is 0.276 e. The Bertz CT molecular complexity index is 1250. The number of anilines is 1. The number of pyridine rings is 2. The Kier molecular flexibility index (Phi) is 5.49. The van der Waals surface area contributed by atoms with Crippen LogP contribution in [0.4, 0.5) is 5.69 Å². The lowest BCUT2D eigenvalue weighted by molar-refractivity contribution is 0.0341. The maximum atomic E-state index is 12.8. The number of hydrogen-bond acceptors (Lipinski definition) is 7. The molecular formula is C23H22N6O3. The van der Waals surface area contributed by atoms with E-state index in [1.807, 2.05) is 30.6 Å². The summed E-state index contributed by atoms with van der Waals surface area (Å²) in [6, 6.07) is 11.0. The molecule has 1 aromatic carbocycles. The van der Waals surface area contributed by atoms with Gasteiger partial charge in [0.2, 0.25) is 5.88 Å². The zero-order valence-electron chi connectivity index (χ0n) is 17.3. The second kappa shape index (κ2) is 8.74. The molecule has 0 spiro atoms. The minimum absolute atomic E-state index is 0.109. The summed E-state index contributed by atoms with van der Waals surface area (Å²) in [5.74, 6) is -0.470. The molecule has 1 amide bonds. The van der Waals surface area contributed by atoms with Gasteiger partial charge in [0.1, 0.15) is 0 Å². The van der Waals surface area contributed by atoms with Crippen molar-refractivity contribution in [2.24, 2.45) is 0 Å². The number of rotatable bonds is 5. The third-order valence-electron chi connectivity index (χ3n) is 5.42. The highest BCUT2D eigenvalue weighted by Gasteiger charge is 2.16. The summed E-state index contributed by atoms with van der Waals surface area (Å²) in [6.45, 7) is 4.18. The molecule has 32 heavy (non-hydrogen) atoms. The van der Waals surface area contributed by atoms with Crippen LogP contribution in [0.25, 0.3) is 22.0 Å². The van der Waals surface area contributed by atoms with E-state index in [-0.39, 0.29) is 17.5 Å². The second-order valence-electron chi connectivity index (χ2n) is 7.66. The zero-order valence-corrected chi connectivity index (χ0v) is 17.3. The SMILES string of the molecule is O=C(Nc1ccc(O)nc1)c1n[nH]c2ccc(-c3cncc(CN4CCOCC4)c3)cc12. The van der Waals surface area contributed by atoms with Gasteiger partial charge in [0.15, 0.2) is 5.69 Å². The molecule has 0 aliphatic carbocycles. The van der Waals surface area contributed by atoms with Crippen molar-refractivity contribution in [3.05, 3.63) is 66.2 Å². The normalized spacial score (nSPS) is 14.5. The van der Waals surface area contributed by atoms with E-state index in [1.54, 1.807) is 6.07 Å². The van der Waals surface area contributed by atoms with Crippen LogP contribution in [0.1, 0.15) is 16.1 Å². The number of benzene rings is 1. The topological polar surface area (TPSA) is 116 Å². The highest BCUT2D eigenvalue weighted by molar-refractivity contribution is 6.11. The number of hydrogen-bond donors (Lipinski definition) is 3. The van der Waals surface area contributed by atoms with Gasteiger partial charge in [-0.05, 0) is 35.4 Å². The van der Waals surface area contributed by atoms with Crippen LogP contribution in [-0.2, 0) is 11.3 Å². The summed E-state index contributed by atoms with van der Waals surface area (Å²) in [5.41, 5.74) is 4.59. The first-order chi connectivity index (χ1) is 15.7. The van der Waals surface area contributed by atoms with Crippen LogP contribution in [0.5, 0.6) is 5.88 Å². The van der Waals surface area contributed by atoms with Gasteiger partial charge < -0.3 is 15.2 Å². The number of H-pyrrole nitrogens is 1. The predicted molar refractivity (Wildman–Crippen MR) is 119 cm³/mol. The second-order valence-corrected chi connectivity index (χ2v) is 7.66. The third kappa shape index (κ3) is 4.29. The van der Waals surface area contributed by atoms with Crippen LogP contribution in [0.2, 0.25) is 0 Å². The number of aromatic hydroxyl groups is 1. The summed E-state index contributed by atoms with van der Waals surface area (Å²) in [6.07, 6.45) is 5.10. The molecule has 9 nitrogen and oxygen atoms in total. The monoisotopic (exact) mass is 430 g/mol. The molecule has 0 saturated carbocycles. The molecule has 4 aromatic rings. The number of carbonyl (C=O) groups excluding carboxylic acids is 1. The lowest BCUT2D eigenvalue weighted by atomic mass is 10.0. The highest BCUT2D eigenvalue weighted by atomic mass is 16.5. The van der Waals surface area contributed by atoms with Crippen molar-refractivity contribution in [3.63, 3.8) is 0 Å². The molecule has 0 radical (unpaired) electrons. The molecule has 5 rings (SSSR count). The number of morpholine rings is 1. The average molecular weight is 430 g/mol. The number of nitrogens with one attached hydrogen (secondary N) is 2. The minimum Gasteiger partial charge on any atom is -0.493 e. The molecule has 0 unspecified atom stereocenters. The number of nitrogens with zero attached hydrogens (tertiary/aromatic N) is 4. The molecule has 4 heterocycles. The number of ether oxygens (including phenoxy) is 1. The van der Waals surface area contributed by atoms with Crippen LogP contribution < -0.4 is 5.32 Å². The molecule has 3 aromatic heterocycles. The molecule has 162 valence electrons. The van der Waals surface area contributed by atoms with E-state index in [0.29, 0.717) is 11.1 Å². The van der Waals surface area contributed by atoms with E-state index in [4.69, 9.17) is 4.74 Å². The molecular weight excluding hydrogens is 408 g/mol. The van der Waals surface area contributed by atoms with E-state index in [1.165, 1.54) is 12.3 Å². The van der Waals surface area contributed by atoms with Gasteiger partial charge in [-0.2, -0.15) is 5.10 Å². The van der Waals surface area contributed by atoms with Crippen molar-refractivity contribution in [2.45, 2.75) is 6.54 Å². The Morgan fingerprint density at radius 2 is 1.97 bits per heavy atom. The summed E-state index contributed by atoms with van der Waals surface area (Å²) in [4.78, 5) is 23.3. The molecule has 1 fully saturated rings. The fourth-order valence-electron chi connectivity index (χ4n) is 3.77. The summed E-state index contributed by atoms with van der Waals surface area (Å²) in [7, 11) is 0. The molecule has 9 heteroatoms. The molecule has 1 aliphatic heterocycles. The molecule has 3 N–H and O–H groups in total. The van der Waals surface area contributed by atoms with Crippen LogP contribution in [0.15, 0.2) is 55.0 Å². The predicted octanol–water partition coefficient (Wildman–Crippen LogP) is 2.81. The number of aromatic nitrogens is 4. The Labute approximate surface area is 184 Å². The molecule has 1 aliphatic rings. The Morgan fingerprint density at radius 3 is 2.78 bits per heavy atom. The smallest absolute Gasteiger partial charge is 0.276 e. The van der Waals surface area contributed by atoms with Crippen molar-refractivity contribution >= 4 is 22.5 Å².